The van der Waals surface area contributed by atoms with E-state index in [4.69, 9.17) is 0 Å². The summed E-state index contributed by atoms with van der Waals surface area (Å²) in [5.74, 6) is -0.0336. The van der Waals surface area contributed by atoms with Gasteiger partial charge in [-0.15, -0.1) is 0 Å². The summed E-state index contributed by atoms with van der Waals surface area (Å²) in [7, 11) is 0. The molecule has 1 unspecified atom stereocenters. The van der Waals surface area contributed by atoms with Crippen LogP contribution in [0.25, 0.3) is 5.57 Å². The third-order valence-electron chi connectivity index (χ3n) is 7.37. The minimum Gasteiger partial charge on any atom is -0.346 e. The average molecular weight is 510 g/mol. The molecular formula is C33H39N3O2. The molecule has 1 aliphatic heterocycles. The molecule has 198 valence electrons. The molecule has 0 radical (unpaired) electrons. The quantitative estimate of drug-likeness (QED) is 0.383. The smallest absolute Gasteiger partial charge is 0.253 e. The highest BCUT2D eigenvalue weighted by molar-refractivity contribution is 5.97. The molecule has 5 heteroatoms. The lowest BCUT2D eigenvalue weighted by Gasteiger charge is -2.22. The van der Waals surface area contributed by atoms with Crippen molar-refractivity contribution in [1.82, 2.24) is 15.5 Å². The van der Waals surface area contributed by atoms with E-state index in [1.54, 1.807) is 0 Å². The van der Waals surface area contributed by atoms with Gasteiger partial charge in [-0.05, 0) is 100 Å². The monoisotopic (exact) mass is 509 g/mol. The Morgan fingerprint density at radius 3 is 2.08 bits per heavy atom. The van der Waals surface area contributed by atoms with E-state index in [1.165, 1.54) is 11.1 Å². The first-order chi connectivity index (χ1) is 18.4. The fourth-order valence-electron chi connectivity index (χ4n) is 5.06. The minimum absolute atomic E-state index is 0.0546. The van der Waals surface area contributed by atoms with Crippen LogP contribution in [0.4, 0.5) is 0 Å². The number of nitrogens with zero attached hydrogens (tertiary/aromatic N) is 1. The van der Waals surface area contributed by atoms with Crippen LogP contribution in [0.2, 0.25) is 0 Å². The Balaban J connectivity index is 1.63. The van der Waals surface area contributed by atoms with Crippen molar-refractivity contribution < 1.29 is 9.59 Å². The second-order valence-electron chi connectivity index (χ2n) is 9.97. The lowest BCUT2D eigenvalue weighted by atomic mass is 9.87. The third kappa shape index (κ3) is 6.40. The Hall–Kier alpha value is -3.70. The largest absolute Gasteiger partial charge is 0.346 e. The summed E-state index contributed by atoms with van der Waals surface area (Å²) < 4.78 is 0. The van der Waals surface area contributed by atoms with Crippen LogP contribution in [0.5, 0.6) is 0 Å². The van der Waals surface area contributed by atoms with Gasteiger partial charge in [0.15, 0.2) is 0 Å². The van der Waals surface area contributed by atoms with Crippen molar-refractivity contribution in [1.29, 1.82) is 0 Å². The molecule has 2 amide bonds. The molecule has 3 aromatic carbocycles. The highest BCUT2D eigenvalue weighted by atomic mass is 16.2. The highest BCUT2D eigenvalue weighted by Gasteiger charge is 2.19. The molecule has 2 N–H and O–H groups in total. The van der Waals surface area contributed by atoms with Crippen molar-refractivity contribution in [2.24, 2.45) is 0 Å². The summed E-state index contributed by atoms with van der Waals surface area (Å²) in [5.41, 5.74) is 8.25. The number of hydrogen-bond acceptors (Lipinski definition) is 3. The summed E-state index contributed by atoms with van der Waals surface area (Å²) in [6.45, 7) is 11.3. The topological polar surface area (TPSA) is 61.4 Å². The van der Waals surface area contributed by atoms with Crippen LogP contribution >= 0.6 is 0 Å². The molecule has 3 aromatic rings. The Morgan fingerprint density at radius 2 is 1.45 bits per heavy atom. The van der Waals surface area contributed by atoms with Crippen LogP contribution in [0.1, 0.15) is 82.6 Å². The zero-order valence-corrected chi connectivity index (χ0v) is 23.0. The Bertz CT molecular complexity index is 1280. The molecule has 1 saturated heterocycles. The number of rotatable bonds is 8. The van der Waals surface area contributed by atoms with Gasteiger partial charge in [0, 0.05) is 24.2 Å². The van der Waals surface area contributed by atoms with Crippen LogP contribution in [0.15, 0.2) is 78.4 Å². The molecular weight excluding hydrogens is 470 g/mol. The zero-order chi connectivity index (χ0) is 27.1. The van der Waals surface area contributed by atoms with Gasteiger partial charge in [0.1, 0.15) is 0 Å². The van der Waals surface area contributed by atoms with Crippen molar-refractivity contribution in [2.45, 2.75) is 46.6 Å². The molecule has 1 fully saturated rings. The Labute approximate surface area is 227 Å². The van der Waals surface area contributed by atoms with Crippen molar-refractivity contribution in [3.63, 3.8) is 0 Å². The first kappa shape index (κ1) is 27.3. The number of aryl methyl sites for hydroxylation is 1. The molecule has 1 aliphatic rings. The lowest BCUT2D eigenvalue weighted by Crippen LogP contribution is -2.30. The molecule has 0 bridgehead atoms. The second-order valence-corrected chi connectivity index (χ2v) is 9.97. The third-order valence-corrected chi connectivity index (χ3v) is 7.37. The summed E-state index contributed by atoms with van der Waals surface area (Å²) in [4.78, 5) is 27.9. The van der Waals surface area contributed by atoms with Gasteiger partial charge in [0.05, 0.1) is 6.04 Å². The number of carbonyl (C=O) groups is 2. The van der Waals surface area contributed by atoms with E-state index in [9.17, 15) is 9.59 Å². The maximum atomic E-state index is 13.2. The van der Waals surface area contributed by atoms with Crippen molar-refractivity contribution in [3.05, 3.63) is 112 Å². The molecule has 38 heavy (non-hydrogen) atoms. The molecule has 4 rings (SSSR count). The molecule has 0 spiro atoms. The van der Waals surface area contributed by atoms with Crippen LogP contribution < -0.4 is 10.6 Å². The van der Waals surface area contributed by atoms with Gasteiger partial charge in [-0.2, -0.15) is 0 Å². The van der Waals surface area contributed by atoms with E-state index in [0.29, 0.717) is 24.2 Å². The van der Waals surface area contributed by atoms with Crippen LogP contribution in [-0.2, 0) is 0 Å². The molecule has 0 saturated carbocycles. The minimum atomic E-state index is -0.0927. The summed E-state index contributed by atoms with van der Waals surface area (Å²) >= 11 is 0. The maximum absolute atomic E-state index is 13.2. The number of hydrogen-bond donors (Lipinski definition) is 2. The Kier molecular flexibility index (Phi) is 9.14. The number of piperidine rings is 1. The predicted molar refractivity (Wildman–Crippen MR) is 155 cm³/mol. The Morgan fingerprint density at radius 1 is 0.842 bits per heavy atom. The molecule has 0 aromatic heterocycles. The van der Waals surface area contributed by atoms with Crippen LogP contribution in [0.3, 0.4) is 0 Å². The SMILES string of the molecule is CCN(CC)C(=O)c1ccc(C(=C2CCNCC2)c2cccc(C(=O)NC(C)c3ccc(C)cc3)c2)cc1. The average Bonchev–Trinajstić information content (AvgIpc) is 2.95. The highest BCUT2D eigenvalue weighted by Crippen LogP contribution is 2.32. The van der Waals surface area contributed by atoms with E-state index in [-0.39, 0.29) is 17.9 Å². The van der Waals surface area contributed by atoms with Gasteiger partial charge < -0.3 is 15.5 Å². The van der Waals surface area contributed by atoms with E-state index in [0.717, 1.165) is 48.2 Å². The lowest BCUT2D eigenvalue weighted by molar-refractivity contribution is 0.0772. The molecule has 1 heterocycles. The van der Waals surface area contributed by atoms with Gasteiger partial charge in [0.2, 0.25) is 0 Å². The van der Waals surface area contributed by atoms with Gasteiger partial charge in [0.25, 0.3) is 11.8 Å². The fraction of sp³-hybridized carbons (Fsp3) is 0.333. The van der Waals surface area contributed by atoms with E-state index in [1.807, 2.05) is 68.1 Å². The van der Waals surface area contributed by atoms with Crippen molar-refractivity contribution >= 4 is 17.4 Å². The molecule has 0 aliphatic carbocycles. The van der Waals surface area contributed by atoms with Gasteiger partial charge >= 0.3 is 0 Å². The van der Waals surface area contributed by atoms with Gasteiger partial charge in [-0.25, -0.2) is 0 Å². The maximum Gasteiger partial charge on any atom is 0.253 e. The van der Waals surface area contributed by atoms with Crippen molar-refractivity contribution in [3.8, 4) is 0 Å². The van der Waals surface area contributed by atoms with Crippen LogP contribution in [-0.4, -0.2) is 42.9 Å². The molecule has 1 atom stereocenters. The molecule has 5 nitrogen and oxygen atoms in total. The summed E-state index contributed by atoms with van der Waals surface area (Å²) in [5, 5.41) is 6.60. The van der Waals surface area contributed by atoms with E-state index < -0.39 is 0 Å². The normalized spacial score (nSPS) is 14.1. The number of carbonyl (C=O) groups excluding carboxylic acids is 2. The van der Waals surface area contributed by atoms with Gasteiger partial charge in [-0.3, -0.25) is 9.59 Å². The van der Waals surface area contributed by atoms with E-state index >= 15 is 0 Å². The fourth-order valence-corrected chi connectivity index (χ4v) is 5.06. The first-order valence-corrected chi connectivity index (χ1v) is 13.7. The zero-order valence-electron chi connectivity index (χ0n) is 23.0. The number of nitrogens with one attached hydrogen (secondary N) is 2. The van der Waals surface area contributed by atoms with E-state index in [2.05, 4.69) is 47.9 Å². The second kappa shape index (κ2) is 12.7. The summed E-state index contributed by atoms with van der Waals surface area (Å²) in [6, 6.07) is 24.0. The number of benzene rings is 3. The standard InChI is InChI=1S/C33H39N3O2/c1-5-36(6-2)33(38)28-16-14-26(15-17-28)31(27-18-20-34-21-19-27)29-8-7-9-30(22-29)32(37)35-24(4)25-12-10-23(3)11-13-25/h7-17,22,24,34H,5-6,18-21H2,1-4H3,(H,35,37). The predicted octanol–water partition coefficient (Wildman–Crippen LogP) is 6.15. The first-order valence-electron chi connectivity index (χ1n) is 13.7. The van der Waals surface area contributed by atoms with Crippen LogP contribution in [0, 0.1) is 6.92 Å². The van der Waals surface area contributed by atoms with Crippen molar-refractivity contribution in [2.75, 3.05) is 26.2 Å². The summed E-state index contributed by atoms with van der Waals surface area (Å²) in [6.07, 6.45) is 1.91. The van der Waals surface area contributed by atoms with Gasteiger partial charge in [-0.1, -0.05) is 59.7 Å². The number of amides is 2.